The maximum Gasteiger partial charge on any atom is 0.388 e. The van der Waals surface area contributed by atoms with Crippen molar-refractivity contribution in [2.75, 3.05) is 20.7 Å². The van der Waals surface area contributed by atoms with E-state index >= 15 is 0 Å². The SMILES string of the molecule is CC[Si](CC)(O[SiH](OCOCOC)c1ccccc1)O[Si](O[Si](C)(C)C)(c1ccccc1)c1ccccc1. The maximum absolute atomic E-state index is 7.51. The standard InChI is InChI=1S/C28H42O6Si4/c1-7-37(8-2,32-35(31-25-30-24-29-3)26-18-12-9-13-19-26)34-38(33-36(4,5)6,27-20-14-10-15-21-27)28-22-16-11-17-23-28/h9-23,35H,7-8,24-25H2,1-6H3. The summed E-state index contributed by atoms with van der Waals surface area (Å²) >= 11 is 0. The van der Waals surface area contributed by atoms with E-state index < -0.39 is 34.7 Å². The van der Waals surface area contributed by atoms with Gasteiger partial charge in [0.2, 0.25) is 0 Å². The Morgan fingerprint density at radius 2 is 1.16 bits per heavy atom. The fourth-order valence-electron chi connectivity index (χ4n) is 4.25. The van der Waals surface area contributed by atoms with E-state index in [1.54, 1.807) is 7.11 Å². The van der Waals surface area contributed by atoms with Gasteiger partial charge >= 0.3 is 26.4 Å². The highest BCUT2D eigenvalue weighted by molar-refractivity contribution is 7.02. The number of benzene rings is 3. The van der Waals surface area contributed by atoms with Crippen LogP contribution in [0.1, 0.15) is 13.8 Å². The zero-order valence-corrected chi connectivity index (χ0v) is 27.7. The van der Waals surface area contributed by atoms with Gasteiger partial charge in [-0.25, -0.2) is 0 Å². The van der Waals surface area contributed by atoms with E-state index in [4.69, 9.17) is 26.2 Å². The van der Waals surface area contributed by atoms with Gasteiger partial charge in [-0.1, -0.05) is 105 Å². The highest BCUT2D eigenvalue weighted by atomic mass is 28.5. The van der Waals surface area contributed by atoms with E-state index in [0.29, 0.717) is 0 Å². The second-order valence-corrected chi connectivity index (χ2v) is 24.1. The third-order valence-corrected chi connectivity index (χ3v) is 20.6. The summed E-state index contributed by atoms with van der Waals surface area (Å²) in [5, 5.41) is 3.24. The van der Waals surface area contributed by atoms with Crippen molar-refractivity contribution in [3.63, 3.8) is 0 Å². The first-order chi connectivity index (χ1) is 18.3. The molecule has 1 atom stereocenters. The summed E-state index contributed by atoms with van der Waals surface area (Å²) in [7, 11) is -8.87. The molecule has 0 heterocycles. The molecule has 1 unspecified atom stereocenters. The third kappa shape index (κ3) is 8.39. The van der Waals surface area contributed by atoms with Gasteiger partial charge in [-0.3, -0.25) is 0 Å². The molecular weight excluding hydrogens is 545 g/mol. The molecule has 0 N–H and O–H groups in total. The predicted molar refractivity (Wildman–Crippen MR) is 163 cm³/mol. The highest BCUT2D eigenvalue weighted by Gasteiger charge is 2.53. The van der Waals surface area contributed by atoms with Gasteiger partial charge in [0.1, 0.15) is 13.6 Å². The van der Waals surface area contributed by atoms with Crippen molar-refractivity contribution >= 4 is 50.3 Å². The van der Waals surface area contributed by atoms with Crippen molar-refractivity contribution in [1.82, 2.24) is 0 Å². The normalized spacial score (nSPS) is 13.4. The Hall–Kier alpha value is -1.71. The highest BCUT2D eigenvalue weighted by Crippen LogP contribution is 2.28. The van der Waals surface area contributed by atoms with Crippen LogP contribution in [-0.4, -0.2) is 55.4 Å². The molecule has 38 heavy (non-hydrogen) atoms. The van der Waals surface area contributed by atoms with Gasteiger partial charge in [0.25, 0.3) is 0 Å². The van der Waals surface area contributed by atoms with Gasteiger partial charge < -0.3 is 26.2 Å². The molecule has 0 saturated carbocycles. The Labute approximate surface area is 233 Å². The van der Waals surface area contributed by atoms with Crippen LogP contribution < -0.4 is 15.6 Å². The minimum Gasteiger partial charge on any atom is -0.430 e. The van der Waals surface area contributed by atoms with Crippen LogP contribution in [0.25, 0.3) is 0 Å². The first kappa shape index (κ1) is 30.8. The van der Waals surface area contributed by atoms with Gasteiger partial charge in [0, 0.05) is 7.11 Å². The second kappa shape index (κ2) is 14.6. The molecule has 0 aliphatic carbocycles. The van der Waals surface area contributed by atoms with Gasteiger partial charge in [0.15, 0.2) is 8.32 Å². The number of hydrogen-bond donors (Lipinski definition) is 0. The molecule has 0 saturated heterocycles. The molecular formula is C28H42O6Si4. The summed E-state index contributed by atoms with van der Waals surface area (Å²) in [6.07, 6.45) is 0. The van der Waals surface area contributed by atoms with Crippen LogP contribution in [0, 0.1) is 0 Å². The van der Waals surface area contributed by atoms with Crippen LogP contribution in [-0.2, 0) is 26.2 Å². The first-order valence-corrected chi connectivity index (χ1v) is 22.2. The number of methoxy groups -OCH3 is 1. The van der Waals surface area contributed by atoms with Crippen LogP contribution in [0.15, 0.2) is 91.0 Å². The minimum absolute atomic E-state index is 0.100. The molecule has 6 nitrogen and oxygen atoms in total. The van der Waals surface area contributed by atoms with E-state index in [-0.39, 0.29) is 13.6 Å². The Morgan fingerprint density at radius 1 is 0.658 bits per heavy atom. The second-order valence-electron chi connectivity index (χ2n) is 10.0. The molecule has 0 aliphatic rings. The van der Waals surface area contributed by atoms with Crippen molar-refractivity contribution in [1.29, 1.82) is 0 Å². The number of rotatable bonds is 16. The molecule has 0 bridgehead atoms. The van der Waals surface area contributed by atoms with Crippen molar-refractivity contribution in [3.05, 3.63) is 91.0 Å². The molecule has 10 heteroatoms. The number of hydrogen-bond acceptors (Lipinski definition) is 6. The zero-order chi connectivity index (χ0) is 27.5. The van der Waals surface area contributed by atoms with Gasteiger partial charge in [-0.05, 0) is 47.3 Å². The summed E-state index contributed by atoms with van der Waals surface area (Å²) < 4.78 is 38.6. The van der Waals surface area contributed by atoms with Gasteiger partial charge in [-0.15, -0.1) is 0 Å². The Bertz CT molecular complexity index is 1020. The molecule has 0 aromatic heterocycles. The summed E-state index contributed by atoms with van der Waals surface area (Å²) in [5.41, 5.74) is 0. The van der Waals surface area contributed by atoms with E-state index in [2.05, 4.69) is 94.2 Å². The Balaban J connectivity index is 2.10. The lowest BCUT2D eigenvalue weighted by Gasteiger charge is -2.44. The topological polar surface area (TPSA) is 55.4 Å². The fraction of sp³-hybridized carbons (Fsp3) is 0.357. The quantitative estimate of drug-likeness (QED) is 0.142. The molecule has 0 spiro atoms. The van der Waals surface area contributed by atoms with Crippen LogP contribution in [0.2, 0.25) is 31.7 Å². The molecule has 206 valence electrons. The molecule has 0 amide bonds. The molecule has 3 aromatic rings. The smallest absolute Gasteiger partial charge is 0.388 e. The lowest BCUT2D eigenvalue weighted by Crippen LogP contribution is -2.71. The van der Waals surface area contributed by atoms with E-state index in [0.717, 1.165) is 27.6 Å². The zero-order valence-electron chi connectivity index (χ0n) is 23.5. The minimum atomic E-state index is -3.16. The maximum atomic E-state index is 7.51. The Kier molecular flexibility index (Phi) is 11.9. The monoisotopic (exact) mass is 586 g/mol. The van der Waals surface area contributed by atoms with Crippen molar-refractivity contribution in [3.8, 4) is 0 Å². The molecule has 0 fully saturated rings. The van der Waals surface area contributed by atoms with Crippen LogP contribution in [0.3, 0.4) is 0 Å². The molecule has 3 aromatic carbocycles. The largest absolute Gasteiger partial charge is 0.430 e. The summed E-state index contributed by atoms with van der Waals surface area (Å²) in [5.74, 6) is 0. The average Bonchev–Trinajstić information content (AvgIpc) is 2.94. The predicted octanol–water partition coefficient (Wildman–Crippen LogP) is 4.33. The molecule has 3 rings (SSSR count). The lowest BCUT2D eigenvalue weighted by atomic mass is 10.4. The van der Waals surface area contributed by atoms with Gasteiger partial charge in [0.05, 0.1) is 0 Å². The molecule has 0 radical (unpaired) electrons. The summed E-state index contributed by atoms with van der Waals surface area (Å²) in [4.78, 5) is 0. The summed E-state index contributed by atoms with van der Waals surface area (Å²) in [6, 6.07) is 32.6. The van der Waals surface area contributed by atoms with Crippen LogP contribution in [0.4, 0.5) is 0 Å². The van der Waals surface area contributed by atoms with E-state index in [1.165, 1.54) is 0 Å². The van der Waals surface area contributed by atoms with Crippen LogP contribution >= 0.6 is 0 Å². The number of ether oxygens (including phenoxy) is 2. The molecule has 0 aliphatic heterocycles. The van der Waals surface area contributed by atoms with Crippen molar-refractivity contribution < 1.29 is 26.2 Å². The van der Waals surface area contributed by atoms with E-state index in [1.807, 2.05) is 30.3 Å². The van der Waals surface area contributed by atoms with Crippen molar-refractivity contribution in [2.45, 2.75) is 45.6 Å². The fourth-order valence-corrected chi connectivity index (χ4v) is 20.8. The average molecular weight is 587 g/mol. The summed E-state index contributed by atoms with van der Waals surface area (Å²) in [6.45, 7) is 11.3. The first-order valence-electron chi connectivity index (χ1n) is 13.2. The van der Waals surface area contributed by atoms with Crippen LogP contribution in [0.5, 0.6) is 0 Å². The Morgan fingerprint density at radius 3 is 1.61 bits per heavy atom. The lowest BCUT2D eigenvalue weighted by molar-refractivity contribution is -0.0878. The van der Waals surface area contributed by atoms with E-state index in [9.17, 15) is 0 Å². The van der Waals surface area contributed by atoms with Gasteiger partial charge in [-0.2, -0.15) is 0 Å². The third-order valence-electron chi connectivity index (χ3n) is 6.06. The van der Waals surface area contributed by atoms with Crippen molar-refractivity contribution in [2.24, 2.45) is 0 Å².